The lowest BCUT2D eigenvalue weighted by molar-refractivity contribution is -0.117. The summed E-state index contributed by atoms with van der Waals surface area (Å²) in [5, 5.41) is 6.92. The molecule has 23 heavy (non-hydrogen) atoms. The maximum absolute atomic E-state index is 12.1. The second-order valence-corrected chi connectivity index (χ2v) is 6.56. The molecule has 1 aliphatic heterocycles. The number of carbonyl (C=O) groups excluding carboxylic acids is 1. The van der Waals surface area contributed by atoms with Crippen molar-refractivity contribution in [2.45, 2.75) is 26.2 Å². The van der Waals surface area contributed by atoms with Crippen LogP contribution < -0.4 is 15.4 Å². The molecule has 1 amide bonds. The number of ether oxygens (including phenoxy) is 1. The number of amides is 1. The highest BCUT2D eigenvalue weighted by atomic mass is 35.5. The fourth-order valence-corrected chi connectivity index (χ4v) is 3.64. The topological polar surface area (TPSA) is 63.2 Å². The summed E-state index contributed by atoms with van der Waals surface area (Å²) >= 11 is 1.49. The van der Waals surface area contributed by atoms with Gasteiger partial charge in [0.15, 0.2) is 5.13 Å². The van der Waals surface area contributed by atoms with Crippen molar-refractivity contribution in [3.63, 3.8) is 0 Å². The lowest BCUT2D eigenvalue weighted by atomic mass is 9.94. The Hall–Kier alpha value is -1.37. The molecular weight excluding hydrogens is 334 g/mol. The third-order valence-electron chi connectivity index (χ3n) is 3.85. The fourth-order valence-electron chi connectivity index (χ4n) is 2.73. The average Bonchev–Trinajstić information content (AvgIpc) is 2.89. The van der Waals surface area contributed by atoms with Crippen LogP contribution in [-0.2, 0) is 4.79 Å². The van der Waals surface area contributed by atoms with Crippen LogP contribution in [-0.4, -0.2) is 30.6 Å². The Bertz CT molecular complexity index is 656. The molecule has 0 spiro atoms. The number of nitrogens with one attached hydrogen (secondary N) is 2. The molecule has 0 bridgehead atoms. The zero-order chi connectivity index (χ0) is 15.4. The maximum Gasteiger partial charge on any atom is 0.226 e. The fraction of sp³-hybridized carbons (Fsp3) is 0.500. The van der Waals surface area contributed by atoms with Gasteiger partial charge >= 0.3 is 0 Å². The van der Waals surface area contributed by atoms with Crippen LogP contribution in [0.25, 0.3) is 10.2 Å². The molecule has 0 unspecified atom stereocenters. The van der Waals surface area contributed by atoms with Crippen molar-refractivity contribution in [1.29, 1.82) is 0 Å². The minimum Gasteiger partial charge on any atom is -0.494 e. The highest BCUT2D eigenvalue weighted by molar-refractivity contribution is 7.22. The normalized spacial score (nSPS) is 15.2. The molecule has 1 aromatic carbocycles. The number of fused-ring (bicyclic) bond motifs is 1. The van der Waals surface area contributed by atoms with Gasteiger partial charge in [-0.25, -0.2) is 4.98 Å². The molecule has 1 saturated heterocycles. The van der Waals surface area contributed by atoms with E-state index in [1.807, 2.05) is 25.1 Å². The first-order chi connectivity index (χ1) is 10.7. The molecule has 7 heteroatoms. The van der Waals surface area contributed by atoms with Crippen LogP contribution in [0, 0.1) is 5.92 Å². The van der Waals surface area contributed by atoms with Gasteiger partial charge < -0.3 is 15.4 Å². The summed E-state index contributed by atoms with van der Waals surface area (Å²) in [4.78, 5) is 16.6. The SMILES string of the molecule is CCOc1ccc2nc(NC(=O)CC3CCNCC3)sc2c1.Cl. The number of thiazole rings is 1. The van der Waals surface area contributed by atoms with Crippen LogP contribution in [0.2, 0.25) is 0 Å². The first-order valence-corrected chi connectivity index (χ1v) is 8.60. The number of benzene rings is 1. The van der Waals surface area contributed by atoms with E-state index >= 15 is 0 Å². The van der Waals surface area contributed by atoms with Crippen molar-refractivity contribution in [2.75, 3.05) is 25.0 Å². The van der Waals surface area contributed by atoms with Crippen molar-refractivity contribution in [3.05, 3.63) is 18.2 Å². The lowest BCUT2D eigenvalue weighted by Gasteiger charge is -2.21. The molecule has 5 nitrogen and oxygen atoms in total. The summed E-state index contributed by atoms with van der Waals surface area (Å²) in [5.74, 6) is 1.39. The van der Waals surface area contributed by atoms with Crippen LogP contribution in [0.1, 0.15) is 26.2 Å². The van der Waals surface area contributed by atoms with Crippen molar-refractivity contribution >= 4 is 45.0 Å². The second kappa shape index (κ2) is 8.47. The van der Waals surface area contributed by atoms with Crippen molar-refractivity contribution in [3.8, 4) is 5.75 Å². The lowest BCUT2D eigenvalue weighted by Crippen LogP contribution is -2.30. The summed E-state index contributed by atoms with van der Waals surface area (Å²) in [6.07, 6.45) is 2.73. The van der Waals surface area contributed by atoms with Crippen LogP contribution in [0.5, 0.6) is 5.75 Å². The largest absolute Gasteiger partial charge is 0.494 e. The smallest absolute Gasteiger partial charge is 0.226 e. The van der Waals surface area contributed by atoms with Gasteiger partial charge in [0.1, 0.15) is 5.75 Å². The molecule has 126 valence electrons. The van der Waals surface area contributed by atoms with Gasteiger partial charge in [-0.15, -0.1) is 12.4 Å². The van der Waals surface area contributed by atoms with E-state index in [-0.39, 0.29) is 18.3 Å². The minimum absolute atomic E-state index is 0. The molecule has 2 aromatic rings. The van der Waals surface area contributed by atoms with Gasteiger partial charge in [0.25, 0.3) is 0 Å². The van der Waals surface area contributed by atoms with Gasteiger partial charge in [0.2, 0.25) is 5.91 Å². The monoisotopic (exact) mass is 355 g/mol. The van der Waals surface area contributed by atoms with Crippen LogP contribution >= 0.6 is 23.7 Å². The summed E-state index contributed by atoms with van der Waals surface area (Å²) in [7, 11) is 0. The molecule has 1 aromatic heterocycles. The number of anilines is 1. The van der Waals surface area contributed by atoms with Crippen molar-refractivity contribution < 1.29 is 9.53 Å². The first-order valence-electron chi connectivity index (χ1n) is 7.78. The van der Waals surface area contributed by atoms with Gasteiger partial charge in [-0.05, 0) is 57.0 Å². The number of piperidine rings is 1. The Morgan fingerprint density at radius 3 is 2.96 bits per heavy atom. The zero-order valence-corrected chi connectivity index (χ0v) is 14.8. The number of carbonyl (C=O) groups is 1. The number of aromatic nitrogens is 1. The standard InChI is InChI=1S/C16H21N3O2S.ClH/c1-2-21-12-3-4-13-14(10-12)22-16(18-13)19-15(20)9-11-5-7-17-8-6-11;/h3-4,10-11,17H,2,5-9H2,1H3,(H,18,19,20);1H. The molecule has 2 N–H and O–H groups in total. The number of hydrogen-bond donors (Lipinski definition) is 2. The van der Waals surface area contributed by atoms with E-state index in [9.17, 15) is 4.79 Å². The third-order valence-corrected chi connectivity index (χ3v) is 4.78. The van der Waals surface area contributed by atoms with Crippen LogP contribution in [0.3, 0.4) is 0 Å². The van der Waals surface area contributed by atoms with Crippen molar-refractivity contribution in [2.24, 2.45) is 5.92 Å². The van der Waals surface area contributed by atoms with Gasteiger partial charge in [-0.3, -0.25) is 4.79 Å². The predicted molar refractivity (Wildman–Crippen MR) is 96.9 cm³/mol. The molecule has 0 saturated carbocycles. The molecule has 0 atom stereocenters. The number of hydrogen-bond acceptors (Lipinski definition) is 5. The Balaban J connectivity index is 0.00000192. The maximum atomic E-state index is 12.1. The quantitative estimate of drug-likeness (QED) is 0.862. The van der Waals surface area contributed by atoms with E-state index < -0.39 is 0 Å². The molecule has 0 aliphatic carbocycles. The van der Waals surface area contributed by atoms with E-state index in [1.165, 1.54) is 11.3 Å². The van der Waals surface area contributed by atoms with E-state index in [2.05, 4.69) is 15.6 Å². The van der Waals surface area contributed by atoms with Gasteiger partial charge in [-0.2, -0.15) is 0 Å². The molecule has 1 fully saturated rings. The van der Waals surface area contributed by atoms with Crippen LogP contribution in [0.15, 0.2) is 18.2 Å². The highest BCUT2D eigenvalue weighted by Gasteiger charge is 2.17. The molecule has 0 radical (unpaired) electrons. The van der Waals surface area contributed by atoms with Crippen LogP contribution in [0.4, 0.5) is 5.13 Å². The zero-order valence-electron chi connectivity index (χ0n) is 13.1. The van der Waals surface area contributed by atoms with Gasteiger partial charge in [0.05, 0.1) is 16.8 Å². The molecule has 2 heterocycles. The summed E-state index contributed by atoms with van der Waals surface area (Å²) in [6, 6.07) is 5.81. The predicted octanol–water partition coefficient (Wildman–Crippen LogP) is 3.45. The third kappa shape index (κ3) is 4.80. The Morgan fingerprint density at radius 1 is 1.43 bits per heavy atom. The Labute approximate surface area is 146 Å². The summed E-state index contributed by atoms with van der Waals surface area (Å²) in [5.41, 5.74) is 0.894. The van der Waals surface area contributed by atoms with E-state index in [1.54, 1.807) is 0 Å². The number of halogens is 1. The Kier molecular flexibility index (Phi) is 6.62. The first kappa shape index (κ1) is 18.0. The van der Waals surface area contributed by atoms with E-state index in [0.717, 1.165) is 41.9 Å². The molecule has 1 aliphatic rings. The van der Waals surface area contributed by atoms with Gasteiger partial charge in [-0.1, -0.05) is 11.3 Å². The van der Waals surface area contributed by atoms with Gasteiger partial charge in [0, 0.05) is 6.42 Å². The van der Waals surface area contributed by atoms with E-state index in [0.29, 0.717) is 24.1 Å². The number of nitrogens with zero attached hydrogens (tertiary/aromatic N) is 1. The summed E-state index contributed by atoms with van der Waals surface area (Å²) < 4.78 is 6.52. The molecular formula is C16H22ClN3O2S. The number of rotatable bonds is 5. The Morgan fingerprint density at radius 2 is 2.22 bits per heavy atom. The van der Waals surface area contributed by atoms with E-state index in [4.69, 9.17) is 4.74 Å². The highest BCUT2D eigenvalue weighted by Crippen LogP contribution is 2.29. The van der Waals surface area contributed by atoms with Crippen molar-refractivity contribution in [1.82, 2.24) is 10.3 Å². The molecule has 3 rings (SSSR count). The average molecular weight is 356 g/mol. The second-order valence-electron chi connectivity index (χ2n) is 5.53. The minimum atomic E-state index is 0. The summed E-state index contributed by atoms with van der Waals surface area (Å²) in [6.45, 7) is 4.63.